The zero-order valence-corrected chi connectivity index (χ0v) is 12.6. The van der Waals surface area contributed by atoms with Crippen molar-refractivity contribution in [2.75, 3.05) is 7.05 Å². The van der Waals surface area contributed by atoms with E-state index in [-0.39, 0.29) is 20.3 Å². The van der Waals surface area contributed by atoms with Gasteiger partial charge in [0.05, 0.1) is 0 Å². The Morgan fingerprint density at radius 1 is 1.33 bits per heavy atom. The van der Waals surface area contributed by atoms with E-state index in [4.69, 9.17) is 23.2 Å². The second-order valence-electron chi connectivity index (χ2n) is 3.92. The van der Waals surface area contributed by atoms with E-state index in [0.717, 1.165) is 6.07 Å². The van der Waals surface area contributed by atoms with Gasteiger partial charge in [0.15, 0.2) is 0 Å². The summed E-state index contributed by atoms with van der Waals surface area (Å²) in [6.07, 6.45) is 3.32. The predicted molar refractivity (Wildman–Crippen MR) is 71.1 cm³/mol. The van der Waals surface area contributed by atoms with Gasteiger partial charge in [-0.05, 0) is 0 Å². The molecule has 1 aliphatic heterocycles. The molecular weight excluding hydrogens is 344 g/mol. The number of hydrogen-bond donors (Lipinski definition) is 0. The molecule has 0 saturated carbocycles. The van der Waals surface area contributed by atoms with Gasteiger partial charge in [0.1, 0.15) is 0 Å². The van der Waals surface area contributed by atoms with Crippen molar-refractivity contribution in [1.29, 1.82) is 0 Å². The van der Waals surface area contributed by atoms with Gasteiger partial charge in [0.25, 0.3) is 0 Å². The van der Waals surface area contributed by atoms with Gasteiger partial charge in [-0.15, -0.1) is 0 Å². The maximum absolute atomic E-state index is 14.1. The van der Waals surface area contributed by atoms with Crippen molar-refractivity contribution in [2.24, 2.45) is 4.99 Å². The number of benzene rings is 1. The van der Waals surface area contributed by atoms with Crippen LogP contribution >= 0.6 is 23.2 Å². The molecule has 0 aromatic heterocycles. The van der Waals surface area contributed by atoms with Crippen LogP contribution in [-0.2, 0) is 0 Å². The quantitative estimate of drug-likeness (QED) is 0.319. The SMILES string of the molecule is C[N+]1(c2ccc(F)c(Cl)c2F)C(Cl)=NC=CC1[As]. The summed E-state index contributed by atoms with van der Waals surface area (Å²) in [5.74, 6) is -1.62. The molecule has 7 heteroatoms. The molecule has 0 bridgehead atoms. The van der Waals surface area contributed by atoms with Gasteiger partial charge in [-0.25, -0.2) is 0 Å². The molecule has 0 amide bonds. The summed E-state index contributed by atoms with van der Waals surface area (Å²) in [6, 6.07) is 2.44. The van der Waals surface area contributed by atoms with E-state index in [0.29, 0.717) is 0 Å². The standard InChI is InChI=1S/C11H8AsCl2F2N2/c1-18(8(12)4-5-17-11(18)14)7-3-2-6(15)9(13)10(7)16/h2-5,8H,1H3/q+1. The predicted octanol–water partition coefficient (Wildman–Crippen LogP) is 3.17. The summed E-state index contributed by atoms with van der Waals surface area (Å²) >= 11 is 14.0. The average molecular weight is 352 g/mol. The normalized spacial score (nSPS) is 27.2. The number of halogens is 4. The van der Waals surface area contributed by atoms with Crippen molar-refractivity contribution in [3.05, 3.63) is 41.1 Å². The molecule has 0 saturated heterocycles. The monoisotopic (exact) mass is 351 g/mol. The minimum atomic E-state index is -0.820. The fraction of sp³-hybridized carbons (Fsp3) is 0.182. The molecule has 0 N–H and O–H groups in total. The summed E-state index contributed by atoms with van der Waals surface area (Å²) in [5, 5.41) is -0.352. The van der Waals surface area contributed by atoms with Gasteiger partial charge < -0.3 is 0 Å². The second-order valence-corrected chi connectivity index (χ2v) is 5.75. The summed E-state index contributed by atoms with van der Waals surface area (Å²) < 4.78 is 27.2. The molecular formula is C11H8AsCl2F2N2+. The fourth-order valence-electron chi connectivity index (χ4n) is 1.70. The van der Waals surface area contributed by atoms with Crippen LogP contribution in [0, 0.1) is 11.6 Å². The molecule has 2 nitrogen and oxygen atoms in total. The first-order chi connectivity index (χ1) is 8.39. The van der Waals surface area contributed by atoms with Crippen molar-refractivity contribution < 1.29 is 8.78 Å². The Morgan fingerprint density at radius 2 is 2.00 bits per heavy atom. The summed E-state index contributed by atoms with van der Waals surface area (Å²) in [6.45, 7) is 0. The van der Waals surface area contributed by atoms with Crippen LogP contribution in [0.1, 0.15) is 0 Å². The Morgan fingerprint density at radius 3 is 2.61 bits per heavy atom. The van der Waals surface area contributed by atoms with Crippen molar-refractivity contribution in [3.8, 4) is 0 Å². The molecule has 18 heavy (non-hydrogen) atoms. The summed E-state index contributed by atoms with van der Waals surface area (Å²) in [4.78, 5) is 3.77. The van der Waals surface area contributed by atoms with Crippen LogP contribution in [0.15, 0.2) is 29.4 Å². The van der Waals surface area contributed by atoms with Gasteiger partial charge in [-0.2, -0.15) is 0 Å². The fourth-order valence-corrected chi connectivity index (χ4v) is 2.91. The number of aliphatic imine (C=N–C) groups is 1. The van der Waals surface area contributed by atoms with Crippen LogP contribution < -0.4 is 4.48 Å². The molecule has 1 aliphatic rings. The molecule has 0 aliphatic carbocycles. The van der Waals surface area contributed by atoms with Crippen LogP contribution in [-0.4, -0.2) is 34.0 Å². The van der Waals surface area contributed by atoms with E-state index in [1.54, 1.807) is 19.3 Å². The molecule has 1 aromatic rings. The van der Waals surface area contributed by atoms with E-state index in [1.807, 2.05) is 0 Å². The molecule has 2 unspecified atom stereocenters. The molecule has 2 radical (unpaired) electrons. The summed E-state index contributed by atoms with van der Waals surface area (Å²) in [7, 11) is 1.69. The number of amidine groups is 1. The molecule has 0 fully saturated rings. The number of hydrogen-bond acceptors (Lipinski definition) is 1. The Labute approximate surface area is 122 Å². The van der Waals surface area contributed by atoms with Gasteiger partial charge in [-0.3, -0.25) is 0 Å². The van der Waals surface area contributed by atoms with Crippen LogP contribution in [0.2, 0.25) is 5.02 Å². The third-order valence-electron chi connectivity index (χ3n) is 2.87. The van der Waals surface area contributed by atoms with Crippen molar-refractivity contribution >= 4 is 51.0 Å². The van der Waals surface area contributed by atoms with E-state index in [1.165, 1.54) is 6.07 Å². The first-order valence-corrected chi connectivity index (χ1v) is 6.82. The zero-order valence-electron chi connectivity index (χ0n) is 9.24. The van der Waals surface area contributed by atoms with Gasteiger partial charge in [0, 0.05) is 0 Å². The van der Waals surface area contributed by atoms with E-state index in [9.17, 15) is 8.78 Å². The Bertz CT molecular complexity index is 562. The molecule has 2 rings (SSSR count). The number of likely N-dealkylation sites (N-methyl/N-ethyl adjacent to an activating group) is 1. The van der Waals surface area contributed by atoms with Gasteiger partial charge >= 0.3 is 122 Å². The zero-order chi connectivity index (χ0) is 13.5. The Kier molecular flexibility index (Phi) is 3.84. The molecule has 94 valence electrons. The van der Waals surface area contributed by atoms with Crippen LogP contribution in [0.25, 0.3) is 0 Å². The first kappa shape index (κ1) is 14.0. The first-order valence-electron chi connectivity index (χ1n) is 4.98. The second kappa shape index (κ2) is 4.93. The van der Waals surface area contributed by atoms with Crippen molar-refractivity contribution in [2.45, 2.75) is 4.83 Å². The molecule has 1 aromatic carbocycles. The van der Waals surface area contributed by atoms with E-state index in [2.05, 4.69) is 21.8 Å². The number of nitrogens with zero attached hydrogens (tertiary/aromatic N) is 2. The third-order valence-corrected chi connectivity index (χ3v) is 4.99. The maximum atomic E-state index is 14.1. The Hall–Kier alpha value is -0.412. The van der Waals surface area contributed by atoms with Gasteiger partial charge in [0.2, 0.25) is 0 Å². The van der Waals surface area contributed by atoms with Crippen LogP contribution in [0.4, 0.5) is 14.5 Å². The molecule has 1 heterocycles. The third kappa shape index (κ3) is 2.01. The topological polar surface area (TPSA) is 12.4 Å². The number of quaternary nitrogens is 1. The van der Waals surface area contributed by atoms with Crippen LogP contribution in [0.3, 0.4) is 0 Å². The average Bonchev–Trinajstić information content (AvgIpc) is 2.33. The molecule has 2 atom stereocenters. The molecule has 0 spiro atoms. The number of rotatable bonds is 1. The summed E-state index contributed by atoms with van der Waals surface area (Å²) in [5.41, 5.74) is 0.171. The Balaban J connectivity index is 2.65. The van der Waals surface area contributed by atoms with E-state index >= 15 is 0 Å². The van der Waals surface area contributed by atoms with Crippen molar-refractivity contribution in [1.82, 2.24) is 4.48 Å². The van der Waals surface area contributed by atoms with Crippen molar-refractivity contribution in [3.63, 3.8) is 0 Å². The van der Waals surface area contributed by atoms with E-state index < -0.39 is 16.7 Å². The van der Waals surface area contributed by atoms with Gasteiger partial charge in [-0.1, -0.05) is 0 Å². The van der Waals surface area contributed by atoms with Crippen LogP contribution in [0.5, 0.6) is 0 Å². The minimum absolute atomic E-state index is 0.107.